The van der Waals surface area contributed by atoms with Gasteiger partial charge < -0.3 is 9.84 Å². The van der Waals surface area contributed by atoms with Gasteiger partial charge in [0.1, 0.15) is 12.4 Å². The molecule has 108 valence electrons. The SMILES string of the molecule is Cc1cccc(C)c1COc1ccccc1C#CCCO. The highest BCUT2D eigenvalue weighted by molar-refractivity contribution is 5.46. The van der Waals surface area contributed by atoms with Crippen molar-refractivity contribution < 1.29 is 9.84 Å². The molecule has 0 saturated carbocycles. The zero-order valence-electron chi connectivity index (χ0n) is 12.5. The maximum Gasteiger partial charge on any atom is 0.135 e. The minimum absolute atomic E-state index is 0.0818. The lowest BCUT2D eigenvalue weighted by Crippen LogP contribution is -2.01. The van der Waals surface area contributed by atoms with E-state index in [1.807, 2.05) is 24.3 Å². The van der Waals surface area contributed by atoms with Crippen LogP contribution in [-0.2, 0) is 6.61 Å². The fourth-order valence-corrected chi connectivity index (χ4v) is 2.14. The molecule has 2 heteroatoms. The number of rotatable bonds is 4. The van der Waals surface area contributed by atoms with Gasteiger partial charge in [-0.2, -0.15) is 0 Å². The zero-order valence-corrected chi connectivity index (χ0v) is 12.5. The second-order valence-electron chi connectivity index (χ2n) is 4.93. The number of aryl methyl sites for hydroxylation is 2. The molecule has 0 unspecified atom stereocenters. The van der Waals surface area contributed by atoms with Gasteiger partial charge in [0.15, 0.2) is 0 Å². The van der Waals surface area contributed by atoms with Crippen LogP contribution in [-0.4, -0.2) is 11.7 Å². The Kier molecular flexibility index (Phi) is 5.43. The van der Waals surface area contributed by atoms with E-state index in [9.17, 15) is 0 Å². The van der Waals surface area contributed by atoms with Gasteiger partial charge in [0, 0.05) is 6.42 Å². The predicted octanol–water partition coefficient (Wildman–Crippen LogP) is 3.62. The lowest BCUT2D eigenvalue weighted by molar-refractivity contribution is 0.303. The van der Waals surface area contributed by atoms with Crippen LogP contribution in [0.2, 0.25) is 0 Å². The quantitative estimate of drug-likeness (QED) is 0.867. The first-order valence-electron chi connectivity index (χ1n) is 7.09. The third kappa shape index (κ3) is 4.11. The van der Waals surface area contributed by atoms with Gasteiger partial charge in [-0.15, -0.1) is 0 Å². The number of hydrogen-bond acceptors (Lipinski definition) is 2. The second kappa shape index (κ2) is 7.52. The topological polar surface area (TPSA) is 29.5 Å². The normalized spacial score (nSPS) is 9.86. The summed E-state index contributed by atoms with van der Waals surface area (Å²) in [5.41, 5.74) is 4.55. The van der Waals surface area contributed by atoms with Crippen LogP contribution in [0.25, 0.3) is 0 Å². The lowest BCUT2D eigenvalue weighted by Gasteiger charge is -2.12. The van der Waals surface area contributed by atoms with Crippen LogP contribution in [0.15, 0.2) is 42.5 Å². The smallest absolute Gasteiger partial charge is 0.135 e. The number of para-hydroxylation sites is 1. The van der Waals surface area contributed by atoms with Gasteiger partial charge in [-0.05, 0) is 42.7 Å². The van der Waals surface area contributed by atoms with Crippen molar-refractivity contribution in [3.63, 3.8) is 0 Å². The summed E-state index contributed by atoms with van der Waals surface area (Å²) in [6.07, 6.45) is 0.477. The van der Waals surface area contributed by atoms with Gasteiger partial charge in [-0.25, -0.2) is 0 Å². The van der Waals surface area contributed by atoms with E-state index >= 15 is 0 Å². The summed E-state index contributed by atoms with van der Waals surface area (Å²) in [5, 5.41) is 8.79. The average Bonchev–Trinajstić information content (AvgIpc) is 2.48. The van der Waals surface area contributed by atoms with Gasteiger partial charge in [0.2, 0.25) is 0 Å². The highest BCUT2D eigenvalue weighted by Gasteiger charge is 2.05. The monoisotopic (exact) mass is 280 g/mol. The first kappa shape index (κ1) is 15.2. The first-order valence-corrected chi connectivity index (χ1v) is 7.09. The van der Waals surface area contributed by atoms with E-state index in [-0.39, 0.29) is 6.61 Å². The van der Waals surface area contributed by atoms with Gasteiger partial charge in [-0.1, -0.05) is 42.2 Å². The summed E-state index contributed by atoms with van der Waals surface area (Å²) in [4.78, 5) is 0. The van der Waals surface area contributed by atoms with Gasteiger partial charge in [0.25, 0.3) is 0 Å². The van der Waals surface area contributed by atoms with Crippen LogP contribution in [0.3, 0.4) is 0 Å². The maximum absolute atomic E-state index is 8.79. The van der Waals surface area contributed by atoms with Crippen LogP contribution >= 0.6 is 0 Å². The number of aliphatic hydroxyl groups is 1. The van der Waals surface area contributed by atoms with Gasteiger partial charge >= 0.3 is 0 Å². The lowest BCUT2D eigenvalue weighted by atomic mass is 10.0. The minimum atomic E-state index is 0.0818. The second-order valence-corrected chi connectivity index (χ2v) is 4.93. The highest BCUT2D eigenvalue weighted by Crippen LogP contribution is 2.21. The van der Waals surface area contributed by atoms with E-state index in [4.69, 9.17) is 9.84 Å². The summed E-state index contributed by atoms with van der Waals surface area (Å²) < 4.78 is 5.95. The first-order chi connectivity index (χ1) is 10.2. The van der Waals surface area contributed by atoms with Crippen LogP contribution in [0.5, 0.6) is 5.75 Å². The number of ether oxygens (including phenoxy) is 1. The number of hydrogen-bond donors (Lipinski definition) is 1. The third-order valence-electron chi connectivity index (χ3n) is 3.36. The molecule has 2 aromatic rings. The Bertz CT molecular complexity index is 643. The largest absolute Gasteiger partial charge is 0.488 e. The van der Waals surface area contributed by atoms with Crippen molar-refractivity contribution in [2.24, 2.45) is 0 Å². The Morgan fingerprint density at radius 3 is 2.43 bits per heavy atom. The molecule has 0 saturated heterocycles. The molecule has 0 amide bonds. The fraction of sp³-hybridized carbons (Fsp3) is 0.263. The van der Waals surface area contributed by atoms with Crippen LogP contribution in [0, 0.1) is 25.7 Å². The Morgan fingerprint density at radius 1 is 1.00 bits per heavy atom. The van der Waals surface area contributed by atoms with E-state index in [0.29, 0.717) is 13.0 Å². The molecule has 0 aromatic heterocycles. The molecular weight excluding hydrogens is 260 g/mol. The zero-order chi connectivity index (χ0) is 15.1. The van der Waals surface area contributed by atoms with Crippen molar-refractivity contribution in [2.45, 2.75) is 26.9 Å². The van der Waals surface area contributed by atoms with Crippen LogP contribution in [0.4, 0.5) is 0 Å². The van der Waals surface area contributed by atoms with Crippen molar-refractivity contribution in [1.82, 2.24) is 0 Å². The molecule has 0 heterocycles. The minimum Gasteiger partial charge on any atom is -0.488 e. The molecule has 0 aliphatic carbocycles. The number of aliphatic hydroxyl groups excluding tert-OH is 1. The Hall–Kier alpha value is -2.24. The van der Waals surface area contributed by atoms with Crippen molar-refractivity contribution in [2.75, 3.05) is 6.61 Å². The van der Waals surface area contributed by atoms with Crippen molar-refractivity contribution in [3.05, 3.63) is 64.7 Å². The molecule has 0 aliphatic rings. The Morgan fingerprint density at radius 2 is 1.71 bits per heavy atom. The molecule has 0 bridgehead atoms. The van der Waals surface area contributed by atoms with Crippen LogP contribution < -0.4 is 4.74 Å². The maximum atomic E-state index is 8.79. The summed E-state index contributed by atoms with van der Waals surface area (Å²) in [5.74, 6) is 6.76. The molecular formula is C19H20O2. The Balaban J connectivity index is 2.16. The molecule has 0 spiro atoms. The average molecular weight is 280 g/mol. The van der Waals surface area contributed by atoms with Crippen LogP contribution in [0.1, 0.15) is 28.7 Å². The van der Waals surface area contributed by atoms with Crippen molar-refractivity contribution in [3.8, 4) is 17.6 Å². The molecule has 0 radical (unpaired) electrons. The van der Waals surface area contributed by atoms with E-state index in [2.05, 4.69) is 43.9 Å². The molecule has 2 aromatic carbocycles. The standard InChI is InChI=1S/C19H20O2/c1-15-8-7-9-16(2)18(15)14-21-19-12-4-3-10-17(19)11-5-6-13-20/h3-4,7-10,12,20H,6,13-14H2,1-2H3. The van der Waals surface area contributed by atoms with Gasteiger partial charge in [0.05, 0.1) is 12.2 Å². The Labute approximate surface area is 126 Å². The summed E-state index contributed by atoms with van der Waals surface area (Å²) >= 11 is 0. The molecule has 0 fully saturated rings. The molecule has 2 rings (SSSR count). The number of benzene rings is 2. The van der Waals surface area contributed by atoms with E-state index in [1.165, 1.54) is 16.7 Å². The third-order valence-corrected chi connectivity index (χ3v) is 3.36. The van der Waals surface area contributed by atoms with E-state index in [0.717, 1.165) is 11.3 Å². The van der Waals surface area contributed by atoms with Gasteiger partial charge in [-0.3, -0.25) is 0 Å². The van der Waals surface area contributed by atoms with E-state index in [1.54, 1.807) is 0 Å². The van der Waals surface area contributed by atoms with Crippen molar-refractivity contribution in [1.29, 1.82) is 0 Å². The predicted molar refractivity (Wildman–Crippen MR) is 85.3 cm³/mol. The molecule has 2 nitrogen and oxygen atoms in total. The highest BCUT2D eigenvalue weighted by atomic mass is 16.5. The summed E-state index contributed by atoms with van der Waals surface area (Å²) in [7, 11) is 0. The summed E-state index contributed by atoms with van der Waals surface area (Å²) in [6.45, 7) is 4.81. The molecule has 1 N–H and O–H groups in total. The summed E-state index contributed by atoms with van der Waals surface area (Å²) in [6, 6.07) is 14.0. The van der Waals surface area contributed by atoms with E-state index < -0.39 is 0 Å². The molecule has 0 atom stereocenters. The van der Waals surface area contributed by atoms with Crippen molar-refractivity contribution >= 4 is 0 Å². The molecule has 0 aliphatic heterocycles. The molecule has 21 heavy (non-hydrogen) atoms. The fourth-order valence-electron chi connectivity index (χ4n) is 2.14.